The summed E-state index contributed by atoms with van der Waals surface area (Å²) in [5, 5.41) is 17.7. The van der Waals surface area contributed by atoms with Crippen molar-refractivity contribution < 1.29 is 19.7 Å². The van der Waals surface area contributed by atoms with E-state index in [1.54, 1.807) is 31.4 Å². The third kappa shape index (κ3) is 4.77. The fraction of sp³-hybridized carbons (Fsp3) is 0.417. The van der Waals surface area contributed by atoms with Crippen molar-refractivity contribution in [1.29, 1.82) is 0 Å². The summed E-state index contributed by atoms with van der Waals surface area (Å²) in [7, 11) is 1.55. The number of hydrogen-bond acceptors (Lipinski definition) is 5. The summed E-state index contributed by atoms with van der Waals surface area (Å²) in [5.41, 5.74) is 0.593. The van der Waals surface area contributed by atoms with E-state index >= 15 is 0 Å². The van der Waals surface area contributed by atoms with Gasteiger partial charge in [-0.1, -0.05) is 12.1 Å². The smallest absolute Gasteiger partial charge is 0.172 e. The topological polar surface area (TPSA) is 66.8 Å². The Morgan fingerprint density at radius 2 is 2.29 bits per heavy atom. The molecule has 94 valence electrons. The van der Waals surface area contributed by atoms with Gasteiger partial charge in [-0.15, -0.1) is 0 Å². The fourth-order valence-electron chi connectivity index (χ4n) is 1.22. The minimum Gasteiger partial charge on any atom is -0.497 e. The highest BCUT2D eigenvalue weighted by molar-refractivity contribution is 8.00. The SMILES string of the molecule is COc1cccc(C(=O)CSCC(O)CO)c1. The Labute approximate surface area is 105 Å². The summed E-state index contributed by atoms with van der Waals surface area (Å²) in [6.07, 6.45) is -0.766. The van der Waals surface area contributed by atoms with E-state index in [0.29, 0.717) is 17.1 Å². The molecule has 1 atom stereocenters. The number of carbonyl (C=O) groups is 1. The van der Waals surface area contributed by atoms with Gasteiger partial charge in [-0.3, -0.25) is 4.79 Å². The van der Waals surface area contributed by atoms with E-state index in [1.165, 1.54) is 11.8 Å². The van der Waals surface area contributed by atoms with E-state index in [4.69, 9.17) is 14.9 Å². The number of hydrogen-bond donors (Lipinski definition) is 2. The molecule has 0 fully saturated rings. The second kappa shape index (κ2) is 7.32. The minimum absolute atomic E-state index is 0.0148. The molecule has 2 N–H and O–H groups in total. The number of carbonyl (C=O) groups excluding carboxylic acids is 1. The van der Waals surface area contributed by atoms with Crippen molar-refractivity contribution in [3.63, 3.8) is 0 Å². The van der Waals surface area contributed by atoms with Gasteiger partial charge in [0.25, 0.3) is 0 Å². The zero-order chi connectivity index (χ0) is 12.7. The second-order valence-electron chi connectivity index (χ2n) is 3.51. The third-order valence-electron chi connectivity index (χ3n) is 2.15. The number of thioether (sulfide) groups is 1. The Kier molecular flexibility index (Phi) is 6.04. The van der Waals surface area contributed by atoms with Crippen LogP contribution in [-0.2, 0) is 0 Å². The fourth-order valence-corrected chi connectivity index (χ4v) is 2.07. The molecule has 4 nitrogen and oxygen atoms in total. The molecule has 0 saturated carbocycles. The molecule has 1 aromatic rings. The normalized spacial score (nSPS) is 12.2. The number of ether oxygens (including phenoxy) is 1. The van der Waals surface area contributed by atoms with E-state index in [9.17, 15) is 4.79 Å². The largest absolute Gasteiger partial charge is 0.497 e. The van der Waals surface area contributed by atoms with Gasteiger partial charge < -0.3 is 14.9 Å². The molecule has 0 aliphatic carbocycles. The first kappa shape index (κ1) is 14.0. The molecule has 1 aromatic carbocycles. The van der Waals surface area contributed by atoms with Crippen molar-refractivity contribution in [1.82, 2.24) is 0 Å². The van der Waals surface area contributed by atoms with E-state index < -0.39 is 6.10 Å². The monoisotopic (exact) mass is 256 g/mol. The molecule has 1 unspecified atom stereocenters. The van der Waals surface area contributed by atoms with Gasteiger partial charge in [-0.2, -0.15) is 11.8 Å². The Balaban J connectivity index is 2.46. The van der Waals surface area contributed by atoms with Crippen molar-refractivity contribution >= 4 is 17.5 Å². The minimum atomic E-state index is -0.766. The number of ketones is 1. The molecular formula is C12H16O4S. The zero-order valence-electron chi connectivity index (χ0n) is 9.63. The molecule has 0 aliphatic heterocycles. The number of methoxy groups -OCH3 is 1. The lowest BCUT2D eigenvalue weighted by Crippen LogP contribution is -2.16. The van der Waals surface area contributed by atoms with Gasteiger partial charge in [-0.25, -0.2) is 0 Å². The van der Waals surface area contributed by atoms with Crippen LogP contribution in [0, 0.1) is 0 Å². The number of aliphatic hydroxyl groups is 2. The first-order valence-electron chi connectivity index (χ1n) is 5.21. The summed E-state index contributed by atoms with van der Waals surface area (Å²) in [6, 6.07) is 6.96. The summed E-state index contributed by atoms with van der Waals surface area (Å²) in [4.78, 5) is 11.8. The van der Waals surface area contributed by atoms with Crippen molar-refractivity contribution in [2.45, 2.75) is 6.10 Å². The molecule has 0 amide bonds. The van der Waals surface area contributed by atoms with Gasteiger partial charge in [0.2, 0.25) is 0 Å². The molecule has 0 bridgehead atoms. The zero-order valence-corrected chi connectivity index (χ0v) is 10.4. The van der Waals surface area contributed by atoms with Crippen LogP contribution in [0.1, 0.15) is 10.4 Å². The average molecular weight is 256 g/mol. The third-order valence-corrected chi connectivity index (χ3v) is 3.23. The van der Waals surface area contributed by atoms with Crippen LogP contribution in [-0.4, -0.2) is 47.3 Å². The van der Waals surface area contributed by atoms with Crippen LogP contribution >= 0.6 is 11.8 Å². The van der Waals surface area contributed by atoms with E-state index in [1.807, 2.05) is 0 Å². The first-order chi connectivity index (χ1) is 8.17. The highest BCUT2D eigenvalue weighted by atomic mass is 32.2. The lowest BCUT2D eigenvalue weighted by atomic mass is 10.1. The maximum absolute atomic E-state index is 11.8. The van der Waals surface area contributed by atoms with Gasteiger partial charge in [0, 0.05) is 11.3 Å². The molecule has 0 spiro atoms. The lowest BCUT2D eigenvalue weighted by Gasteiger charge is -2.06. The molecular weight excluding hydrogens is 240 g/mol. The quantitative estimate of drug-likeness (QED) is 0.711. The lowest BCUT2D eigenvalue weighted by molar-refractivity contribution is 0.102. The van der Waals surface area contributed by atoms with Gasteiger partial charge in [0.05, 0.1) is 25.6 Å². The van der Waals surface area contributed by atoms with Crippen molar-refractivity contribution in [3.8, 4) is 5.75 Å². The number of rotatable bonds is 7. The summed E-state index contributed by atoms with van der Waals surface area (Å²) in [5.74, 6) is 1.27. The summed E-state index contributed by atoms with van der Waals surface area (Å²) in [6.45, 7) is -0.277. The van der Waals surface area contributed by atoms with Crippen LogP contribution in [0.2, 0.25) is 0 Å². The Morgan fingerprint density at radius 1 is 1.53 bits per heavy atom. The molecule has 17 heavy (non-hydrogen) atoms. The highest BCUT2D eigenvalue weighted by Crippen LogP contribution is 2.15. The van der Waals surface area contributed by atoms with Crippen LogP contribution in [0.5, 0.6) is 5.75 Å². The van der Waals surface area contributed by atoms with Gasteiger partial charge in [0.15, 0.2) is 5.78 Å². The van der Waals surface area contributed by atoms with Crippen molar-refractivity contribution in [3.05, 3.63) is 29.8 Å². The van der Waals surface area contributed by atoms with Gasteiger partial charge in [0.1, 0.15) is 5.75 Å². The maximum atomic E-state index is 11.8. The summed E-state index contributed by atoms with van der Waals surface area (Å²) < 4.78 is 5.03. The van der Waals surface area contributed by atoms with Crippen molar-refractivity contribution in [2.24, 2.45) is 0 Å². The Bertz CT molecular complexity index is 367. The van der Waals surface area contributed by atoms with E-state index in [2.05, 4.69) is 0 Å². The van der Waals surface area contributed by atoms with Crippen molar-refractivity contribution in [2.75, 3.05) is 25.2 Å². The van der Waals surface area contributed by atoms with Crippen LogP contribution in [0.15, 0.2) is 24.3 Å². The molecule has 0 aromatic heterocycles. The van der Waals surface area contributed by atoms with Crippen LogP contribution in [0.25, 0.3) is 0 Å². The van der Waals surface area contributed by atoms with Crippen LogP contribution in [0.4, 0.5) is 0 Å². The molecule has 0 saturated heterocycles. The molecule has 0 aliphatic rings. The number of benzene rings is 1. The first-order valence-corrected chi connectivity index (χ1v) is 6.36. The van der Waals surface area contributed by atoms with Crippen LogP contribution < -0.4 is 4.74 Å². The molecule has 0 heterocycles. The van der Waals surface area contributed by atoms with Gasteiger partial charge in [-0.05, 0) is 12.1 Å². The average Bonchev–Trinajstić information content (AvgIpc) is 2.38. The predicted octanol–water partition coefficient (Wildman–Crippen LogP) is 0.964. The number of Topliss-reactive ketones (excluding diaryl/α,β-unsaturated/α-hetero) is 1. The Morgan fingerprint density at radius 3 is 2.94 bits per heavy atom. The molecule has 1 rings (SSSR count). The maximum Gasteiger partial charge on any atom is 0.172 e. The van der Waals surface area contributed by atoms with Crippen LogP contribution in [0.3, 0.4) is 0 Å². The molecule has 0 radical (unpaired) electrons. The van der Waals surface area contributed by atoms with Gasteiger partial charge >= 0.3 is 0 Å². The molecule has 5 heteroatoms. The standard InChI is InChI=1S/C12H16O4S/c1-16-11-4-2-3-9(5-11)12(15)8-17-7-10(14)6-13/h2-5,10,13-14H,6-8H2,1H3. The predicted molar refractivity (Wildman–Crippen MR) is 67.7 cm³/mol. The second-order valence-corrected chi connectivity index (χ2v) is 4.54. The van der Waals surface area contributed by atoms with E-state index in [-0.39, 0.29) is 18.1 Å². The number of aliphatic hydroxyl groups excluding tert-OH is 2. The Hall–Kier alpha value is -1.04. The highest BCUT2D eigenvalue weighted by Gasteiger charge is 2.08. The van der Waals surface area contributed by atoms with E-state index in [0.717, 1.165) is 0 Å². The summed E-state index contributed by atoms with van der Waals surface area (Å²) >= 11 is 1.30.